The largest absolute Gasteiger partial charge is 0.469 e. The minimum absolute atomic E-state index is 0.118. The molecular formula is C43H73O8P. The highest BCUT2D eigenvalue weighted by Gasteiger charge is 2.22. The molecule has 8 nitrogen and oxygen atoms in total. The van der Waals surface area contributed by atoms with Gasteiger partial charge in [-0.25, -0.2) is 4.57 Å². The monoisotopic (exact) mass is 749 g/mol. The van der Waals surface area contributed by atoms with Crippen molar-refractivity contribution < 1.29 is 37.9 Å². The van der Waals surface area contributed by atoms with Gasteiger partial charge < -0.3 is 19.3 Å². The summed E-state index contributed by atoms with van der Waals surface area (Å²) in [5.41, 5.74) is 0. The van der Waals surface area contributed by atoms with Crippen molar-refractivity contribution >= 4 is 19.8 Å². The fraction of sp³-hybridized carbons (Fsp3) is 0.674. The van der Waals surface area contributed by atoms with E-state index in [1.165, 1.54) is 64.2 Å². The average Bonchev–Trinajstić information content (AvgIpc) is 3.11. The zero-order chi connectivity index (χ0) is 38.2. The Morgan fingerprint density at radius 3 is 1.48 bits per heavy atom. The van der Waals surface area contributed by atoms with Crippen molar-refractivity contribution in [3.63, 3.8) is 0 Å². The van der Waals surface area contributed by atoms with Crippen LogP contribution in [0.2, 0.25) is 0 Å². The lowest BCUT2D eigenvalue weighted by molar-refractivity contribution is -0.161. The molecule has 0 heterocycles. The number of allylic oxidation sites excluding steroid dienone is 12. The molecule has 0 aliphatic heterocycles. The SMILES string of the molecule is CC/C=C/C/C=C/C/C=C/C/C=C/C/C=C/CCCCCC(=O)OC[C@H](COP(=O)(O)O)OC(=O)CC/C=C/CCCCCCCCCCCCC. The van der Waals surface area contributed by atoms with Gasteiger partial charge in [-0.1, -0.05) is 157 Å². The second kappa shape index (κ2) is 38.2. The molecule has 0 radical (unpaired) electrons. The van der Waals surface area contributed by atoms with E-state index >= 15 is 0 Å². The van der Waals surface area contributed by atoms with Gasteiger partial charge in [-0.3, -0.25) is 14.1 Å². The highest BCUT2D eigenvalue weighted by molar-refractivity contribution is 7.46. The van der Waals surface area contributed by atoms with Gasteiger partial charge in [-0.05, 0) is 70.6 Å². The Hall–Kier alpha value is -2.51. The summed E-state index contributed by atoms with van der Waals surface area (Å²) < 4.78 is 26.3. The number of rotatable bonds is 36. The van der Waals surface area contributed by atoms with Crippen LogP contribution in [0.4, 0.5) is 0 Å². The maximum atomic E-state index is 12.4. The smallest absolute Gasteiger partial charge is 0.462 e. The van der Waals surface area contributed by atoms with E-state index in [0.717, 1.165) is 64.2 Å². The van der Waals surface area contributed by atoms with Crippen molar-refractivity contribution in [2.75, 3.05) is 13.2 Å². The minimum atomic E-state index is -4.77. The van der Waals surface area contributed by atoms with Crippen LogP contribution in [-0.2, 0) is 28.2 Å². The Balaban J connectivity index is 4.05. The van der Waals surface area contributed by atoms with Crippen LogP contribution in [0.15, 0.2) is 72.9 Å². The molecule has 298 valence electrons. The molecule has 52 heavy (non-hydrogen) atoms. The number of phosphoric ester groups is 1. The third kappa shape index (κ3) is 40.3. The Morgan fingerprint density at radius 1 is 0.519 bits per heavy atom. The molecule has 1 atom stereocenters. The summed E-state index contributed by atoms with van der Waals surface area (Å²) in [6.45, 7) is 3.50. The van der Waals surface area contributed by atoms with Crippen molar-refractivity contribution in [1.29, 1.82) is 0 Å². The average molecular weight is 749 g/mol. The van der Waals surface area contributed by atoms with Gasteiger partial charge in [0.25, 0.3) is 0 Å². The molecule has 0 amide bonds. The van der Waals surface area contributed by atoms with Crippen molar-refractivity contribution in [3.05, 3.63) is 72.9 Å². The number of hydrogen-bond acceptors (Lipinski definition) is 6. The molecule has 0 aromatic heterocycles. The van der Waals surface area contributed by atoms with Crippen LogP contribution in [-0.4, -0.2) is 41.0 Å². The number of hydrogen-bond donors (Lipinski definition) is 2. The maximum absolute atomic E-state index is 12.4. The summed E-state index contributed by atoms with van der Waals surface area (Å²) in [6.07, 6.45) is 49.2. The standard InChI is InChI=1S/C43H73O8P/c1-3-5-7-9-11-13-15-17-19-20-21-22-24-25-27-29-31-33-35-37-42(44)49-39-41(40-50-52(46,47)48)51-43(45)38-36-34-32-30-28-26-23-18-16-14-12-10-8-6-4-2/h5,7,11,13,17,19,21-22,25,27,32,34,41H,3-4,6,8-10,12,14-16,18,20,23-24,26,28-31,33,35-40H2,1-2H3,(H2,46,47,48)/b7-5+,13-11+,19-17+,22-21+,27-25+,34-32+/t41-/m1/s1. The lowest BCUT2D eigenvalue weighted by Crippen LogP contribution is -2.29. The normalized spacial score (nSPS) is 13.2. The Labute approximate surface area is 317 Å². The van der Waals surface area contributed by atoms with Crippen LogP contribution in [0, 0.1) is 0 Å². The Bertz CT molecular complexity index is 1070. The summed E-state index contributed by atoms with van der Waals surface area (Å²) in [6, 6.07) is 0. The van der Waals surface area contributed by atoms with Gasteiger partial charge in [-0.2, -0.15) is 0 Å². The molecular weight excluding hydrogens is 675 g/mol. The fourth-order valence-corrected chi connectivity index (χ4v) is 5.60. The molecule has 0 saturated carbocycles. The number of unbranched alkanes of at least 4 members (excludes halogenated alkanes) is 14. The number of carbonyl (C=O) groups excluding carboxylic acids is 2. The molecule has 0 fully saturated rings. The van der Waals surface area contributed by atoms with Gasteiger partial charge in [0, 0.05) is 12.8 Å². The van der Waals surface area contributed by atoms with E-state index in [9.17, 15) is 14.2 Å². The highest BCUT2D eigenvalue weighted by Crippen LogP contribution is 2.36. The summed E-state index contributed by atoms with van der Waals surface area (Å²) in [5, 5.41) is 0. The summed E-state index contributed by atoms with van der Waals surface area (Å²) >= 11 is 0. The van der Waals surface area contributed by atoms with E-state index in [1.807, 2.05) is 6.08 Å². The Morgan fingerprint density at radius 2 is 0.962 bits per heavy atom. The molecule has 0 aliphatic carbocycles. The van der Waals surface area contributed by atoms with Crippen molar-refractivity contribution in [2.45, 2.75) is 174 Å². The second-order valence-corrected chi connectivity index (χ2v) is 14.5. The minimum Gasteiger partial charge on any atom is -0.462 e. The first-order valence-corrected chi connectivity index (χ1v) is 21.8. The molecule has 2 N–H and O–H groups in total. The third-order valence-electron chi connectivity index (χ3n) is 8.22. The number of phosphoric acid groups is 1. The lowest BCUT2D eigenvalue weighted by Gasteiger charge is -2.18. The highest BCUT2D eigenvalue weighted by atomic mass is 31.2. The first-order chi connectivity index (χ1) is 25.3. The molecule has 0 unspecified atom stereocenters. The summed E-state index contributed by atoms with van der Waals surface area (Å²) in [5.74, 6) is -0.984. The van der Waals surface area contributed by atoms with E-state index in [1.54, 1.807) is 0 Å². The first kappa shape index (κ1) is 49.5. The molecule has 9 heteroatoms. The van der Waals surface area contributed by atoms with Crippen LogP contribution in [0.25, 0.3) is 0 Å². The van der Waals surface area contributed by atoms with Crippen LogP contribution in [0.5, 0.6) is 0 Å². The molecule has 0 aromatic carbocycles. The zero-order valence-corrected chi connectivity index (χ0v) is 33.6. The number of ether oxygens (including phenoxy) is 2. The number of carbonyl (C=O) groups is 2. The van der Waals surface area contributed by atoms with Crippen LogP contribution in [0.3, 0.4) is 0 Å². The van der Waals surface area contributed by atoms with E-state index in [4.69, 9.17) is 19.3 Å². The second-order valence-electron chi connectivity index (χ2n) is 13.2. The quantitative estimate of drug-likeness (QED) is 0.0281. The molecule has 0 aromatic rings. The van der Waals surface area contributed by atoms with Crippen LogP contribution in [0.1, 0.15) is 168 Å². The summed E-state index contributed by atoms with van der Waals surface area (Å²) in [4.78, 5) is 42.8. The van der Waals surface area contributed by atoms with Gasteiger partial charge in [0.1, 0.15) is 6.61 Å². The molecule has 0 spiro atoms. The molecule has 0 rings (SSSR count). The van der Waals surface area contributed by atoms with E-state index < -0.39 is 32.5 Å². The van der Waals surface area contributed by atoms with Gasteiger partial charge >= 0.3 is 19.8 Å². The van der Waals surface area contributed by atoms with Crippen LogP contribution < -0.4 is 0 Å². The lowest BCUT2D eigenvalue weighted by atomic mass is 10.1. The van der Waals surface area contributed by atoms with E-state index in [2.05, 4.69) is 85.2 Å². The Kier molecular flexibility index (Phi) is 36.4. The molecule has 0 bridgehead atoms. The third-order valence-corrected chi connectivity index (χ3v) is 8.71. The topological polar surface area (TPSA) is 119 Å². The van der Waals surface area contributed by atoms with Crippen molar-refractivity contribution in [1.82, 2.24) is 0 Å². The van der Waals surface area contributed by atoms with Gasteiger partial charge in [0.15, 0.2) is 6.10 Å². The molecule has 0 aliphatic rings. The number of esters is 2. The first-order valence-electron chi connectivity index (χ1n) is 20.2. The zero-order valence-electron chi connectivity index (χ0n) is 32.7. The van der Waals surface area contributed by atoms with Crippen LogP contribution >= 0.6 is 7.82 Å². The van der Waals surface area contributed by atoms with Crippen molar-refractivity contribution in [3.8, 4) is 0 Å². The van der Waals surface area contributed by atoms with Gasteiger partial charge in [0.2, 0.25) is 0 Å². The van der Waals surface area contributed by atoms with E-state index in [0.29, 0.717) is 12.8 Å². The van der Waals surface area contributed by atoms with E-state index in [-0.39, 0.29) is 19.4 Å². The fourth-order valence-electron chi connectivity index (χ4n) is 5.24. The van der Waals surface area contributed by atoms with Crippen molar-refractivity contribution in [2.24, 2.45) is 0 Å². The van der Waals surface area contributed by atoms with Gasteiger partial charge in [0.05, 0.1) is 6.61 Å². The molecule has 0 saturated heterocycles. The maximum Gasteiger partial charge on any atom is 0.469 e. The predicted molar refractivity (Wildman–Crippen MR) is 216 cm³/mol. The predicted octanol–water partition coefficient (Wildman–Crippen LogP) is 12.3. The van der Waals surface area contributed by atoms with Gasteiger partial charge in [-0.15, -0.1) is 0 Å². The summed E-state index contributed by atoms with van der Waals surface area (Å²) in [7, 11) is -4.77.